The van der Waals surface area contributed by atoms with Crippen molar-refractivity contribution in [3.63, 3.8) is 0 Å². The third-order valence-electron chi connectivity index (χ3n) is 6.74. The molecule has 4 aromatic rings. The number of allylic oxidation sites excluding steroid dienone is 3. The van der Waals surface area contributed by atoms with Crippen LogP contribution in [0.1, 0.15) is 39.5 Å². The molecule has 0 radical (unpaired) electrons. The lowest BCUT2D eigenvalue weighted by atomic mass is 9.92. The molecule has 35 heavy (non-hydrogen) atoms. The summed E-state index contributed by atoms with van der Waals surface area (Å²) in [5.74, 6) is 0.866. The second-order valence-electron chi connectivity index (χ2n) is 9.22. The molecule has 6 rings (SSSR count). The maximum Gasteiger partial charge on any atom is 0.138 e. The largest absolute Gasteiger partial charge is 0.402 e. The molecule has 2 aliphatic rings. The van der Waals surface area contributed by atoms with Crippen molar-refractivity contribution in [2.45, 2.75) is 20.3 Å². The number of nitrogens with one attached hydrogen (secondary N) is 2. The van der Waals surface area contributed by atoms with Crippen molar-refractivity contribution in [3.8, 4) is 11.1 Å². The number of nitrogens with two attached hydrogens (primary N) is 1. The van der Waals surface area contributed by atoms with Crippen molar-refractivity contribution < 1.29 is 0 Å². The Morgan fingerprint density at radius 2 is 1.71 bits per heavy atom. The zero-order chi connectivity index (χ0) is 23.9. The van der Waals surface area contributed by atoms with Crippen molar-refractivity contribution in [3.05, 3.63) is 124 Å². The Hall–Kier alpha value is -4.38. The molecule has 1 aliphatic carbocycles. The normalized spacial score (nSPS) is 14.6. The molecule has 0 bridgehead atoms. The van der Waals surface area contributed by atoms with E-state index in [2.05, 4.69) is 77.7 Å². The number of nitrogens with zero attached hydrogens (tertiary/aromatic N) is 2. The second-order valence-corrected chi connectivity index (χ2v) is 9.22. The van der Waals surface area contributed by atoms with Crippen LogP contribution in [-0.4, -0.2) is 21.5 Å². The first-order chi connectivity index (χ1) is 17.1. The maximum atomic E-state index is 6.30. The number of benzene rings is 2. The summed E-state index contributed by atoms with van der Waals surface area (Å²) in [6.07, 6.45) is 10.5. The number of hydrogen-bond donors (Lipinski definition) is 3. The predicted octanol–water partition coefficient (Wildman–Crippen LogP) is 5.78. The monoisotopic (exact) mass is 457 g/mol. The molecule has 0 amide bonds. The number of aromatic amines is 1. The van der Waals surface area contributed by atoms with Gasteiger partial charge >= 0.3 is 0 Å². The fourth-order valence-electron chi connectivity index (χ4n) is 4.92. The van der Waals surface area contributed by atoms with E-state index in [-0.39, 0.29) is 0 Å². The zero-order valence-electron chi connectivity index (χ0n) is 19.9. The maximum absolute atomic E-state index is 6.30. The predicted molar refractivity (Wildman–Crippen MR) is 143 cm³/mol. The topological polar surface area (TPSA) is 79.6 Å². The van der Waals surface area contributed by atoms with E-state index in [9.17, 15) is 0 Å². The minimum atomic E-state index is 0.633. The van der Waals surface area contributed by atoms with Crippen LogP contribution in [0.15, 0.2) is 84.8 Å². The summed E-state index contributed by atoms with van der Waals surface area (Å²) < 4.78 is 0. The molecule has 0 fully saturated rings. The molecular formula is C30H27N5. The number of rotatable bonds is 3. The molecule has 2 aromatic heterocycles. The highest BCUT2D eigenvalue weighted by Gasteiger charge is 2.23. The van der Waals surface area contributed by atoms with Crippen LogP contribution in [0.2, 0.25) is 0 Å². The SMILES string of the molecule is Cc1ccc(C)c(-c2ccc3c(c2)C(c2nc4c([nH]2)CC(N)=CC=C4c2ccncc2)=CCN3)c1. The van der Waals surface area contributed by atoms with Crippen molar-refractivity contribution >= 4 is 16.8 Å². The van der Waals surface area contributed by atoms with Crippen LogP contribution < -0.4 is 11.1 Å². The van der Waals surface area contributed by atoms with E-state index in [0.717, 1.165) is 57.4 Å². The van der Waals surface area contributed by atoms with E-state index >= 15 is 0 Å². The lowest BCUT2D eigenvalue weighted by Crippen LogP contribution is -2.10. The van der Waals surface area contributed by atoms with E-state index in [1.165, 1.54) is 22.3 Å². The van der Waals surface area contributed by atoms with Gasteiger partial charge in [-0.25, -0.2) is 4.98 Å². The molecule has 2 aromatic carbocycles. The Kier molecular flexibility index (Phi) is 5.10. The van der Waals surface area contributed by atoms with Gasteiger partial charge in [0.1, 0.15) is 5.82 Å². The minimum absolute atomic E-state index is 0.633. The fourth-order valence-corrected chi connectivity index (χ4v) is 4.92. The number of anilines is 1. The molecular weight excluding hydrogens is 430 g/mol. The van der Waals surface area contributed by atoms with Gasteiger partial charge in [-0.2, -0.15) is 0 Å². The molecule has 0 spiro atoms. The Morgan fingerprint density at radius 1 is 0.857 bits per heavy atom. The molecule has 0 saturated carbocycles. The van der Waals surface area contributed by atoms with Crippen LogP contribution in [0.25, 0.3) is 22.3 Å². The average molecular weight is 458 g/mol. The molecule has 0 unspecified atom stereocenters. The molecule has 0 saturated heterocycles. The Bertz CT molecular complexity index is 1540. The molecule has 5 nitrogen and oxygen atoms in total. The Balaban J connectivity index is 1.46. The molecule has 5 heteroatoms. The Morgan fingerprint density at radius 3 is 2.57 bits per heavy atom. The number of fused-ring (bicyclic) bond motifs is 2. The number of aryl methyl sites for hydroxylation is 2. The van der Waals surface area contributed by atoms with Gasteiger partial charge in [-0.15, -0.1) is 0 Å². The minimum Gasteiger partial charge on any atom is -0.402 e. The third kappa shape index (κ3) is 3.85. The van der Waals surface area contributed by atoms with E-state index in [4.69, 9.17) is 10.7 Å². The molecule has 0 atom stereocenters. The summed E-state index contributed by atoms with van der Waals surface area (Å²) in [6, 6.07) is 17.3. The van der Waals surface area contributed by atoms with Gasteiger partial charge < -0.3 is 16.0 Å². The highest BCUT2D eigenvalue weighted by Crippen LogP contribution is 2.37. The summed E-state index contributed by atoms with van der Waals surface area (Å²) in [5.41, 5.74) is 19.6. The van der Waals surface area contributed by atoms with Crippen LogP contribution in [0, 0.1) is 13.8 Å². The van der Waals surface area contributed by atoms with Gasteiger partial charge in [0.15, 0.2) is 0 Å². The third-order valence-corrected chi connectivity index (χ3v) is 6.74. The fraction of sp³-hybridized carbons (Fsp3) is 0.133. The summed E-state index contributed by atoms with van der Waals surface area (Å²) in [5, 5.41) is 3.51. The summed E-state index contributed by atoms with van der Waals surface area (Å²) >= 11 is 0. The Labute approximate surface area is 205 Å². The van der Waals surface area contributed by atoms with Crippen LogP contribution in [-0.2, 0) is 6.42 Å². The number of aromatic nitrogens is 3. The highest BCUT2D eigenvalue weighted by molar-refractivity contribution is 5.90. The first-order valence-corrected chi connectivity index (χ1v) is 11.9. The average Bonchev–Trinajstić information content (AvgIpc) is 3.21. The lowest BCUT2D eigenvalue weighted by Gasteiger charge is -2.20. The van der Waals surface area contributed by atoms with Crippen LogP contribution >= 0.6 is 0 Å². The lowest BCUT2D eigenvalue weighted by molar-refractivity contribution is 1.04. The van der Waals surface area contributed by atoms with Gasteiger partial charge in [0.2, 0.25) is 0 Å². The smallest absolute Gasteiger partial charge is 0.138 e. The summed E-state index contributed by atoms with van der Waals surface area (Å²) in [6.45, 7) is 5.06. The van der Waals surface area contributed by atoms with Gasteiger partial charge in [0.25, 0.3) is 0 Å². The summed E-state index contributed by atoms with van der Waals surface area (Å²) in [4.78, 5) is 12.9. The zero-order valence-corrected chi connectivity index (χ0v) is 19.9. The van der Waals surface area contributed by atoms with Gasteiger partial charge in [0.05, 0.1) is 5.69 Å². The van der Waals surface area contributed by atoms with Crippen LogP contribution in [0.5, 0.6) is 0 Å². The number of imidazole rings is 1. The van der Waals surface area contributed by atoms with Crippen molar-refractivity contribution in [1.29, 1.82) is 0 Å². The van der Waals surface area contributed by atoms with E-state index in [0.29, 0.717) is 6.42 Å². The number of hydrogen-bond acceptors (Lipinski definition) is 4. The van der Waals surface area contributed by atoms with Crippen LogP contribution in [0.3, 0.4) is 0 Å². The second kappa shape index (κ2) is 8.44. The van der Waals surface area contributed by atoms with Crippen molar-refractivity contribution in [2.24, 2.45) is 5.73 Å². The summed E-state index contributed by atoms with van der Waals surface area (Å²) in [7, 11) is 0. The van der Waals surface area contributed by atoms with Crippen LogP contribution in [0.4, 0.5) is 5.69 Å². The number of H-pyrrole nitrogens is 1. The molecule has 3 heterocycles. The highest BCUT2D eigenvalue weighted by atomic mass is 15.0. The first kappa shape index (κ1) is 21.2. The van der Waals surface area contributed by atoms with E-state index < -0.39 is 0 Å². The van der Waals surface area contributed by atoms with E-state index in [1.54, 1.807) is 0 Å². The van der Waals surface area contributed by atoms with E-state index in [1.807, 2.05) is 30.6 Å². The first-order valence-electron chi connectivity index (χ1n) is 11.9. The van der Waals surface area contributed by atoms with Gasteiger partial charge in [-0.1, -0.05) is 42.0 Å². The number of pyridine rings is 1. The van der Waals surface area contributed by atoms with Crippen molar-refractivity contribution in [2.75, 3.05) is 11.9 Å². The van der Waals surface area contributed by atoms with Gasteiger partial charge in [0, 0.05) is 59.1 Å². The quantitative estimate of drug-likeness (QED) is 0.365. The standard InChI is InChI=1S/C30H27N5/c1-18-3-4-19(2)25(15-18)21-5-8-27-26(16-21)24(11-14-33-27)30-34-28-17-22(31)6-7-23(29(28)35-30)20-9-12-32-13-10-20/h3-13,15-16,33H,14,17,31H2,1-2H3,(H,34,35). The molecule has 4 N–H and O–H groups in total. The molecule has 1 aliphatic heterocycles. The van der Waals surface area contributed by atoms with Gasteiger partial charge in [-0.3, -0.25) is 4.98 Å². The van der Waals surface area contributed by atoms with Crippen molar-refractivity contribution in [1.82, 2.24) is 15.0 Å². The van der Waals surface area contributed by atoms with Gasteiger partial charge in [-0.05, 0) is 66.4 Å². The molecule has 172 valence electrons.